The van der Waals surface area contributed by atoms with Crippen molar-refractivity contribution in [2.45, 2.75) is 12.8 Å². The van der Waals surface area contributed by atoms with Crippen LogP contribution in [0.2, 0.25) is 0 Å². The second kappa shape index (κ2) is 7.30. The van der Waals surface area contributed by atoms with Crippen molar-refractivity contribution in [3.63, 3.8) is 0 Å². The van der Waals surface area contributed by atoms with E-state index in [1.165, 1.54) is 17.7 Å². The second-order valence-electron chi connectivity index (χ2n) is 4.78. The molecule has 3 nitrogen and oxygen atoms in total. The van der Waals surface area contributed by atoms with Crippen molar-refractivity contribution in [3.8, 4) is 0 Å². The fourth-order valence-corrected chi connectivity index (χ4v) is 1.84. The van der Waals surface area contributed by atoms with Gasteiger partial charge in [0.1, 0.15) is 0 Å². The lowest BCUT2D eigenvalue weighted by Crippen LogP contribution is -2.23. The molecule has 0 amide bonds. The predicted molar refractivity (Wildman–Crippen MR) is 75.6 cm³/mol. The first-order valence-corrected chi connectivity index (χ1v) is 6.28. The highest BCUT2D eigenvalue weighted by Gasteiger charge is 2.01. The molecule has 3 heteroatoms. The molecule has 2 N–H and O–H groups in total. The van der Waals surface area contributed by atoms with Crippen molar-refractivity contribution in [1.29, 1.82) is 0 Å². The van der Waals surface area contributed by atoms with E-state index in [9.17, 15) is 0 Å². The summed E-state index contributed by atoms with van der Waals surface area (Å²) in [6.45, 7) is 2.95. The van der Waals surface area contributed by atoms with Crippen molar-refractivity contribution >= 4 is 5.69 Å². The zero-order valence-electron chi connectivity index (χ0n) is 11.3. The Hall–Kier alpha value is -1.06. The van der Waals surface area contributed by atoms with Crippen LogP contribution in [0.3, 0.4) is 0 Å². The minimum Gasteiger partial charge on any atom is -0.375 e. The summed E-state index contributed by atoms with van der Waals surface area (Å²) >= 11 is 0. The van der Waals surface area contributed by atoms with E-state index in [1.54, 1.807) is 0 Å². The molecule has 0 heterocycles. The number of hydrogen-bond donors (Lipinski definition) is 1. The van der Waals surface area contributed by atoms with Gasteiger partial charge in [0.25, 0.3) is 0 Å². The van der Waals surface area contributed by atoms with Crippen LogP contribution >= 0.6 is 0 Å². The van der Waals surface area contributed by atoms with E-state index in [4.69, 9.17) is 5.73 Å². The normalized spacial score (nSPS) is 10.9. The van der Waals surface area contributed by atoms with Gasteiger partial charge in [-0.25, -0.2) is 0 Å². The maximum absolute atomic E-state index is 5.54. The standard InChI is InChI=1S/C14H25N3/c1-16(2)11-4-12-17(3)14-7-5-13(6-8-14)9-10-15/h5-8H,4,9-12,15H2,1-3H3. The lowest BCUT2D eigenvalue weighted by atomic mass is 10.1. The van der Waals surface area contributed by atoms with Crippen LogP contribution < -0.4 is 10.6 Å². The number of hydrogen-bond acceptors (Lipinski definition) is 3. The van der Waals surface area contributed by atoms with E-state index in [0.717, 1.165) is 26.1 Å². The SMILES string of the molecule is CN(C)CCCN(C)c1ccc(CCN)cc1. The average Bonchev–Trinajstić information content (AvgIpc) is 2.30. The molecule has 0 bridgehead atoms. The van der Waals surface area contributed by atoms with Gasteiger partial charge in [0.15, 0.2) is 0 Å². The van der Waals surface area contributed by atoms with Gasteiger partial charge >= 0.3 is 0 Å². The molecule has 0 radical (unpaired) electrons. The third-order valence-corrected chi connectivity index (χ3v) is 2.91. The zero-order valence-corrected chi connectivity index (χ0v) is 11.3. The number of nitrogens with zero attached hydrogens (tertiary/aromatic N) is 2. The van der Waals surface area contributed by atoms with E-state index >= 15 is 0 Å². The summed E-state index contributed by atoms with van der Waals surface area (Å²) in [6.07, 6.45) is 2.15. The first-order valence-electron chi connectivity index (χ1n) is 6.28. The molecule has 0 saturated heterocycles. The molecular weight excluding hydrogens is 210 g/mol. The van der Waals surface area contributed by atoms with Crippen molar-refractivity contribution < 1.29 is 0 Å². The van der Waals surface area contributed by atoms with Crippen molar-refractivity contribution in [2.24, 2.45) is 5.73 Å². The van der Waals surface area contributed by atoms with Crippen molar-refractivity contribution in [2.75, 3.05) is 45.7 Å². The highest BCUT2D eigenvalue weighted by molar-refractivity contribution is 5.46. The Balaban J connectivity index is 2.43. The highest BCUT2D eigenvalue weighted by atomic mass is 15.1. The average molecular weight is 235 g/mol. The topological polar surface area (TPSA) is 32.5 Å². The van der Waals surface area contributed by atoms with E-state index in [-0.39, 0.29) is 0 Å². The first kappa shape index (κ1) is 14.0. The van der Waals surface area contributed by atoms with Crippen LogP contribution in [0, 0.1) is 0 Å². The molecule has 0 atom stereocenters. The molecule has 0 aliphatic rings. The molecule has 17 heavy (non-hydrogen) atoms. The Morgan fingerprint density at radius 1 is 1.00 bits per heavy atom. The van der Waals surface area contributed by atoms with Gasteiger partial charge in [-0.2, -0.15) is 0 Å². The van der Waals surface area contributed by atoms with Gasteiger partial charge in [-0.05, 0) is 57.7 Å². The van der Waals surface area contributed by atoms with Crippen LogP contribution in [0.1, 0.15) is 12.0 Å². The molecule has 0 fully saturated rings. The fraction of sp³-hybridized carbons (Fsp3) is 0.571. The summed E-state index contributed by atoms with van der Waals surface area (Å²) in [6, 6.07) is 8.70. The van der Waals surface area contributed by atoms with Gasteiger partial charge in [-0.1, -0.05) is 12.1 Å². The van der Waals surface area contributed by atoms with Crippen LogP contribution in [0.4, 0.5) is 5.69 Å². The Morgan fingerprint density at radius 2 is 1.65 bits per heavy atom. The number of benzene rings is 1. The van der Waals surface area contributed by atoms with Gasteiger partial charge < -0.3 is 15.5 Å². The fourth-order valence-electron chi connectivity index (χ4n) is 1.84. The van der Waals surface area contributed by atoms with Crippen LogP contribution in [0.5, 0.6) is 0 Å². The summed E-state index contributed by atoms with van der Waals surface area (Å²) in [5.41, 5.74) is 8.14. The van der Waals surface area contributed by atoms with Crippen LogP contribution in [-0.2, 0) is 6.42 Å². The lowest BCUT2D eigenvalue weighted by molar-refractivity contribution is 0.401. The van der Waals surface area contributed by atoms with Crippen molar-refractivity contribution in [3.05, 3.63) is 29.8 Å². The Bertz CT molecular complexity index is 306. The Kier molecular flexibility index (Phi) is 6.01. The summed E-state index contributed by atoms with van der Waals surface area (Å²) in [5, 5.41) is 0. The molecule has 0 saturated carbocycles. The molecule has 0 spiro atoms. The van der Waals surface area contributed by atoms with Gasteiger partial charge in [-0.3, -0.25) is 0 Å². The minimum atomic E-state index is 0.720. The van der Waals surface area contributed by atoms with E-state index < -0.39 is 0 Å². The van der Waals surface area contributed by atoms with Gasteiger partial charge in [0.2, 0.25) is 0 Å². The highest BCUT2D eigenvalue weighted by Crippen LogP contribution is 2.14. The largest absolute Gasteiger partial charge is 0.375 e. The summed E-state index contributed by atoms with van der Waals surface area (Å²) < 4.78 is 0. The zero-order chi connectivity index (χ0) is 12.7. The Morgan fingerprint density at radius 3 is 2.18 bits per heavy atom. The van der Waals surface area contributed by atoms with E-state index in [0.29, 0.717) is 0 Å². The third-order valence-electron chi connectivity index (χ3n) is 2.91. The monoisotopic (exact) mass is 235 g/mol. The molecule has 1 aromatic rings. The summed E-state index contributed by atoms with van der Waals surface area (Å²) in [5.74, 6) is 0. The number of anilines is 1. The van der Waals surface area contributed by atoms with Crippen LogP contribution in [0.25, 0.3) is 0 Å². The van der Waals surface area contributed by atoms with E-state index in [1.807, 2.05) is 0 Å². The first-order chi connectivity index (χ1) is 8.13. The summed E-state index contributed by atoms with van der Waals surface area (Å²) in [4.78, 5) is 4.52. The van der Waals surface area contributed by atoms with Gasteiger partial charge in [0.05, 0.1) is 0 Å². The molecule has 0 aliphatic heterocycles. The molecule has 1 rings (SSSR count). The summed E-state index contributed by atoms with van der Waals surface area (Å²) in [7, 11) is 6.37. The second-order valence-corrected chi connectivity index (χ2v) is 4.78. The molecule has 0 unspecified atom stereocenters. The predicted octanol–water partition coefficient (Wildman–Crippen LogP) is 1.58. The van der Waals surface area contributed by atoms with E-state index in [2.05, 4.69) is 55.2 Å². The van der Waals surface area contributed by atoms with Gasteiger partial charge in [-0.15, -0.1) is 0 Å². The molecule has 1 aromatic carbocycles. The maximum atomic E-state index is 5.54. The third kappa shape index (κ3) is 5.20. The quantitative estimate of drug-likeness (QED) is 0.779. The Labute approximate surface area is 105 Å². The van der Waals surface area contributed by atoms with Crippen LogP contribution in [-0.4, -0.2) is 45.7 Å². The maximum Gasteiger partial charge on any atom is 0.0363 e. The molecular formula is C14H25N3. The lowest BCUT2D eigenvalue weighted by Gasteiger charge is -2.20. The van der Waals surface area contributed by atoms with Gasteiger partial charge in [0, 0.05) is 19.3 Å². The smallest absolute Gasteiger partial charge is 0.0363 e. The molecule has 0 aromatic heterocycles. The molecule has 96 valence electrons. The van der Waals surface area contributed by atoms with Crippen LogP contribution in [0.15, 0.2) is 24.3 Å². The number of rotatable bonds is 7. The number of nitrogens with two attached hydrogens (primary N) is 1. The van der Waals surface area contributed by atoms with Crippen molar-refractivity contribution in [1.82, 2.24) is 4.90 Å². The molecule has 0 aliphatic carbocycles. The minimum absolute atomic E-state index is 0.720.